The molecule has 0 radical (unpaired) electrons. The van der Waals surface area contributed by atoms with Crippen LogP contribution in [0.2, 0.25) is 0 Å². The van der Waals surface area contributed by atoms with E-state index < -0.39 is 0 Å². The molecule has 1 amide bonds. The third kappa shape index (κ3) is 3.34. The summed E-state index contributed by atoms with van der Waals surface area (Å²) in [5.74, 6) is 0.600. The molecule has 0 aliphatic carbocycles. The molecule has 1 aromatic heterocycles. The summed E-state index contributed by atoms with van der Waals surface area (Å²) in [5, 5.41) is 7.08. The average molecular weight is 259 g/mol. The molecule has 0 aliphatic rings. The van der Waals surface area contributed by atoms with Gasteiger partial charge in [0.2, 0.25) is 5.91 Å². The highest BCUT2D eigenvalue weighted by molar-refractivity contribution is 5.90. The average Bonchev–Trinajstić information content (AvgIpc) is 2.68. The molecule has 0 fully saturated rings. The summed E-state index contributed by atoms with van der Waals surface area (Å²) in [5.41, 5.74) is 2.59. The lowest BCUT2D eigenvalue weighted by atomic mass is 10.3. The second kappa shape index (κ2) is 5.56. The van der Waals surface area contributed by atoms with Crippen LogP contribution in [0.3, 0.4) is 0 Å². The number of anilines is 1. The van der Waals surface area contributed by atoms with Gasteiger partial charge in [0, 0.05) is 17.4 Å². The summed E-state index contributed by atoms with van der Waals surface area (Å²) >= 11 is 0. The number of carbonyl (C=O) groups is 1. The number of aromatic nitrogens is 2. The SMILES string of the molecule is COc1cccc(NC(=O)Cn2nc(C)cc2C)c1. The minimum atomic E-state index is -0.112. The molecule has 1 aromatic carbocycles. The summed E-state index contributed by atoms with van der Waals surface area (Å²) < 4.78 is 6.79. The van der Waals surface area contributed by atoms with E-state index in [1.165, 1.54) is 0 Å². The number of methoxy groups -OCH3 is 1. The second-order valence-electron chi connectivity index (χ2n) is 4.36. The number of aryl methyl sites for hydroxylation is 2. The molecule has 2 aromatic rings. The zero-order chi connectivity index (χ0) is 13.8. The predicted octanol–water partition coefficient (Wildman–Crippen LogP) is 2.15. The standard InChI is InChI=1S/C14H17N3O2/c1-10-7-11(2)17(16-10)9-14(18)15-12-5-4-6-13(8-12)19-3/h4-8H,9H2,1-3H3,(H,15,18). The lowest BCUT2D eigenvalue weighted by molar-refractivity contribution is -0.116. The van der Waals surface area contributed by atoms with Gasteiger partial charge >= 0.3 is 0 Å². The van der Waals surface area contributed by atoms with Gasteiger partial charge < -0.3 is 10.1 Å². The lowest BCUT2D eigenvalue weighted by Crippen LogP contribution is -2.20. The normalized spacial score (nSPS) is 10.3. The first kappa shape index (κ1) is 13.1. The van der Waals surface area contributed by atoms with Crippen LogP contribution in [0.5, 0.6) is 5.75 Å². The Hall–Kier alpha value is -2.30. The number of benzene rings is 1. The molecule has 19 heavy (non-hydrogen) atoms. The maximum atomic E-state index is 11.9. The van der Waals surface area contributed by atoms with E-state index in [-0.39, 0.29) is 12.5 Å². The largest absolute Gasteiger partial charge is 0.497 e. The molecule has 0 unspecified atom stereocenters. The van der Waals surface area contributed by atoms with Crippen LogP contribution in [0.25, 0.3) is 0 Å². The van der Waals surface area contributed by atoms with E-state index in [0.29, 0.717) is 11.4 Å². The predicted molar refractivity (Wildman–Crippen MR) is 73.3 cm³/mol. The van der Waals surface area contributed by atoms with E-state index in [4.69, 9.17) is 4.74 Å². The van der Waals surface area contributed by atoms with Gasteiger partial charge in [-0.2, -0.15) is 5.10 Å². The van der Waals surface area contributed by atoms with Crippen LogP contribution in [-0.4, -0.2) is 22.8 Å². The van der Waals surface area contributed by atoms with Gasteiger partial charge in [-0.15, -0.1) is 0 Å². The fraction of sp³-hybridized carbons (Fsp3) is 0.286. The van der Waals surface area contributed by atoms with Crippen molar-refractivity contribution < 1.29 is 9.53 Å². The fourth-order valence-electron chi connectivity index (χ4n) is 1.87. The lowest BCUT2D eigenvalue weighted by Gasteiger charge is -2.08. The number of nitrogens with zero attached hydrogens (tertiary/aromatic N) is 2. The quantitative estimate of drug-likeness (QED) is 0.915. The van der Waals surface area contributed by atoms with Crippen LogP contribution >= 0.6 is 0 Å². The van der Waals surface area contributed by atoms with Crippen molar-refractivity contribution in [1.29, 1.82) is 0 Å². The van der Waals surface area contributed by atoms with Gasteiger partial charge in [-0.05, 0) is 32.0 Å². The van der Waals surface area contributed by atoms with Gasteiger partial charge in [-0.3, -0.25) is 9.48 Å². The Labute approximate surface area is 112 Å². The number of rotatable bonds is 4. The number of carbonyl (C=O) groups excluding carboxylic acids is 1. The molecule has 1 heterocycles. The van der Waals surface area contributed by atoms with Gasteiger partial charge in [0.1, 0.15) is 12.3 Å². The van der Waals surface area contributed by atoms with Gasteiger partial charge in [-0.1, -0.05) is 6.07 Å². The monoisotopic (exact) mass is 259 g/mol. The highest BCUT2D eigenvalue weighted by Crippen LogP contribution is 2.16. The molecule has 1 N–H and O–H groups in total. The Balaban J connectivity index is 2.03. The molecule has 0 spiro atoms. The van der Waals surface area contributed by atoms with E-state index in [2.05, 4.69) is 10.4 Å². The fourth-order valence-corrected chi connectivity index (χ4v) is 1.87. The van der Waals surface area contributed by atoms with Crippen LogP contribution in [0, 0.1) is 13.8 Å². The summed E-state index contributed by atoms with van der Waals surface area (Å²) in [7, 11) is 1.59. The molecule has 2 rings (SSSR count). The highest BCUT2D eigenvalue weighted by atomic mass is 16.5. The molecule has 0 bridgehead atoms. The van der Waals surface area contributed by atoms with E-state index >= 15 is 0 Å². The van der Waals surface area contributed by atoms with Crippen LogP contribution in [0.4, 0.5) is 5.69 Å². The minimum absolute atomic E-state index is 0.112. The Morgan fingerprint density at radius 2 is 2.16 bits per heavy atom. The van der Waals surface area contributed by atoms with Gasteiger partial charge in [0.25, 0.3) is 0 Å². The molecular formula is C14H17N3O2. The summed E-state index contributed by atoms with van der Waals surface area (Å²) in [6.07, 6.45) is 0. The van der Waals surface area contributed by atoms with Crippen LogP contribution in [0.15, 0.2) is 30.3 Å². The minimum Gasteiger partial charge on any atom is -0.497 e. The van der Waals surface area contributed by atoms with E-state index in [1.54, 1.807) is 17.9 Å². The Morgan fingerprint density at radius 1 is 1.37 bits per heavy atom. The molecule has 5 heteroatoms. The van der Waals surface area contributed by atoms with E-state index in [9.17, 15) is 4.79 Å². The first-order valence-corrected chi connectivity index (χ1v) is 6.03. The number of hydrogen-bond acceptors (Lipinski definition) is 3. The maximum absolute atomic E-state index is 11.9. The molecule has 0 saturated carbocycles. The maximum Gasteiger partial charge on any atom is 0.246 e. The Morgan fingerprint density at radius 3 is 2.79 bits per heavy atom. The summed E-state index contributed by atoms with van der Waals surface area (Å²) in [6, 6.07) is 9.20. The first-order chi connectivity index (χ1) is 9.08. The molecular weight excluding hydrogens is 242 g/mol. The van der Waals surface area contributed by atoms with E-state index in [1.807, 2.05) is 38.1 Å². The zero-order valence-electron chi connectivity index (χ0n) is 11.3. The Bertz CT molecular complexity index is 590. The first-order valence-electron chi connectivity index (χ1n) is 6.03. The molecule has 100 valence electrons. The van der Waals surface area contributed by atoms with Gasteiger partial charge in [-0.25, -0.2) is 0 Å². The summed E-state index contributed by atoms with van der Waals surface area (Å²) in [4.78, 5) is 11.9. The number of hydrogen-bond donors (Lipinski definition) is 1. The van der Waals surface area contributed by atoms with Crippen LogP contribution in [-0.2, 0) is 11.3 Å². The Kier molecular flexibility index (Phi) is 3.85. The van der Waals surface area contributed by atoms with Crippen molar-refractivity contribution in [3.8, 4) is 5.75 Å². The highest BCUT2D eigenvalue weighted by Gasteiger charge is 2.07. The molecule has 0 saturated heterocycles. The van der Waals surface area contributed by atoms with Gasteiger partial charge in [0.15, 0.2) is 0 Å². The van der Waals surface area contributed by atoms with Crippen LogP contribution < -0.4 is 10.1 Å². The van der Waals surface area contributed by atoms with Crippen molar-refractivity contribution in [3.63, 3.8) is 0 Å². The van der Waals surface area contributed by atoms with Crippen molar-refractivity contribution >= 4 is 11.6 Å². The smallest absolute Gasteiger partial charge is 0.246 e. The summed E-state index contributed by atoms with van der Waals surface area (Å²) in [6.45, 7) is 4.04. The van der Waals surface area contributed by atoms with Crippen molar-refractivity contribution in [2.45, 2.75) is 20.4 Å². The van der Waals surface area contributed by atoms with Crippen molar-refractivity contribution in [3.05, 3.63) is 41.7 Å². The molecule has 0 aliphatic heterocycles. The topological polar surface area (TPSA) is 56.1 Å². The third-order valence-corrected chi connectivity index (χ3v) is 2.75. The number of nitrogens with one attached hydrogen (secondary N) is 1. The zero-order valence-corrected chi connectivity index (χ0v) is 11.3. The van der Waals surface area contributed by atoms with Crippen LogP contribution in [0.1, 0.15) is 11.4 Å². The van der Waals surface area contributed by atoms with Crippen molar-refractivity contribution in [2.24, 2.45) is 0 Å². The third-order valence-electron chi connectivity index (χ3n) is 2.75. The van der Waals surface area contributed by atoms with Gasteiger partial charge in [0.05, 0.1) is 12.8 Å². The molecule has 0 atom stereocenters. The van der Waals surface area contributed by atoms with E-state index in [0.717, 1.165) is 11.4 Å². The van der Waals surface area contributed by atoms with Crippen molar-refractivity contribution in [1.82, 2.24) is 9.78 Å². The second-order valence-corrected chi connectivity index (χ2v) is 4.36. The number of amides is 1. The van der Waals surface area contributed by atoms with Crippen molar-refractivity contribution in [2.75, 3.05) is 12.4 Å². The molecule has 5 nitrogen and oxygen atoms in total. The number of ether oxygens (including phenoxy) is 1.